The monoisotopic (exact) mass is 422 g/mol. The number of rotatable bonds is 6. The predicted octanol–water partition coefficient (Wildman–Crippen LogP) is 3.64. The first-order valence-corrected chi connectivity index (χ1v) is 10.8. The van der Waals surface area contributed by atoms with Gasteiger partial charge in [0.05, 0.1) is 4.90 Å². The third kappa shape index (κ3) is 5.38. The molecule has 4 nitrogen and oxygen atoms in total. The normalized spacial score (nSPS) is 16.8. The van der Waals surface area contributed by atoms with Crippen molar-refractivity contribution in [2.24, 2.45) is 5.92 Å². The fourth-order valence-corrected chi connectivity index (χ4v) is 4.50. The van der Waals surface area contributed by atoms with Crippen LogP contribution in [0.3, 0.4) is 0 Å². The summed E-state index contributed by atoms with van der Waals surface area (Å²) in [6.45, 7) is 3.51. The minimum atomic E-state index is -3.42. The smallest absolute Gasteiger partial charge is 0.240 e. The molecule has 1 fully saturated rings. The lowest BCUT2D eigenvalue weighted by Crippen LogP contribution is -2.38. The van der Waals surface area contributed by atoms with Gasteiger partial charge in [-0.2, -0.15) is 0 Å². The van der Waals surface area contributed by atoms with Gasteiger partial charge in [-0.15, -0.1) is 0 Å². The summed E-state index contributed by atoms with van der Waals surface area (Å²) in [5, 5.41) is 0. The summed E-state index contributed by atoms with van der Waals surface area (Å²) in [6, 6.07) is 17.2. The van der Waals surface area contributed by atoms with Crippen LogP contribution in [-0.2, 0) is 16.6 Å². The molecule has 0 aliphatic carbocycles. The van der Waals surface area contributed by atoms with Crippen LogP contribution in [-0.4, -0.2) is 33.0 Å². The van der Waals surface area contributed by atoms with E-state index in [1.165, 1.54) is 5.56 Å². The molecule has 3 rings (SSSR count). The number of benzene rings is 2. The first-order chi connectivity index (χ1) is 12.0. The van der Waals surface area contributed by atoms with E-state index in [-0.39, 0.29) is 0 Å². The van der Waals surface area contributed by atoms with E-state index in [4.69, 9.17) is 0 Å². The highest BCUT2D eigenvalue weighted by atomic mass is 79.9. The Morgan fingerprint density at radius 2 is 1.64 bits per heavy atom. The van der Waals surface area contributed by atoms with Crippen LogP contribution in [0.5, 0.6) is 0 Å². The molecule has 0 bridgehead atoms. The molecule has 6 heteroatoms. The Hall–Kier alpha value is -1.21. The number of nitrogens with zero attached hydrogens (tertiary/aromatic N) is 1. The molecule has 1 aliphatic heterocycles. The number of hydrogen-bond donors (Lipinski definition) is 1. The maximum atomic E-state index is 12.4. The number of sulfonamides is 1. The van der Waals surface area contributed by atoms with Crippen molar-refractivity contribution in [2.45, 2.75) is 24.3 Å². The zero-order chi connectivity index (χ0) is 17.7. The third-order valence-corrected chi connectivity index (χ3v) is 6.61. The molecule has 2 aromatic rings. The molecule has 0 saturated carbocycles. The summed E-state index contributed by atoms with van der Waals surface area (Å²) in [5.74, 6) is 0.400. The second-order valence-electron chi connectivity index (χ2n) is 6.51. The zero-order valence-corrected chi connectivity index (χ0v) is 16.5. The van der Waals surface area contributed by atoms with Crippen LogP contribution >= 0.6 is 15.9 Å². The van der Waals surface area contributed by atoms with E-state index in [0.29, 0.717) is 17.4 Å². The minimum absolute atomic E-state index is 0.317. The lowest BCUT2D eigenvalue weighted by Gasteiger charge is -2.32. The van der Waals surface area contributed by atoms with Crippen molar-refractivity contribution in [1.82, 2.24) is 9.62 Å². The van der Waals surface area contributed by atoms with Crippen LogP contribution in [0.15, 0.2) is 64.0 Å². The van der Waals surface area contributed by atoms with E-state index in [2.05, 4.69) is 49.8 Å². The fraction of sp³-hybridized carbons (Fsp3) is 0.368. The van der Waals surface area contributed by atoms with Gasteiger partial charge in [-0.1, -0.05) is 46.3 Å². The minimum Gasteiger partial charge on any atom is -0.299 e. The van der Waals surface area contributed by atoms with Crippen LogP contribution < -0.4 is 4.72 Å². The molecule has 0 spiro atoms. The molecule has 134 valence electrons. The van der Waals surface area contributed by atoms with Crippen LogP contribution in [0, 0.1) is 5.92 Å². The average Bonchev–Trinajstić information content (AvgIpc) is 2.62. The second kappa shape index (κ2) is 8.45. The first kappa shape index (κ1) is 18.6. The Balaban J connectivity index is 1.47. The molecular weight excluding hydrogens is 400 g/mol. The number of halogens is 1. The first-order valence-electron chi connectivity index (χ1n) is 8.54. The Bertz CT molecular complexity index is 771. The molecule has 1 N–H and O–H groups in total. The van der Waals surface area contributed by atoms with Crippen LogP contribution in [0.2, 0.25) is 0 Å². The number of nitrogens with one attached hydrogen (secondary N) is 1. The Morgan fingerprint density at radius 1 is 1.00 bits per heavy atom. The lowest BCUT2D eigenvalue weighted by molar-refractivity contribution is 0.178. The maximum Gasteiger partial charge on any atom is 0.240 e. The maximum absolute atomic E-state index is 12.4. The summed E-state index contributed by atoms with van der Waals surface area (Å²) in [4.78, 5) is 2.76. The average molecular weight is 423 g/mol. The van der Waals surface area contributed by atoms with Crippen molar-refractivity contribution in [3.8, 4) is 0 Å². The van der Waals surface area contributed by atoms with Gasteiger partial charge in [0.1, 0.15) is 0 Å². The van der Waals surface area contributed by atoms with Crippen molar-refractivity contribution in [1.29, 1.82) is 0 Å². The molecule has 1 saturated heterocycles. The molecule has 0 radical (unpaired) electrons. The Labute approximate surface area is 158 Å². The summed E-state index contributed by atoms with van der Waals surface area (Å²) in [7, 11) is -3.42. The summed E-state index contributed by atoms with van der Waals surface area (Å²) in [6.07, 6.45) is 2.05. The van der Waals surface area contributed by atoms with Crippen molar-refractivity contribution in [3.63, 3.8) is 0 Å². The molecule has 2 aromatic carbocycles. The van der Waals surface area contributed by atoms with E-state index in [1.807, 2.05) is 6.07 Å². The highest BCUT2D eigenvalue weighted by Crippen LogP contribution is 2.20. The Kier molecular flexibility index (Phi) is 6.28. The number of piperidine rings is 1. The van der Waals surface area contributed by atoms with Gasteiger partial charge in [-0.05, 0) is 61.7 Å². The van der Waals surface area contributed by atoms with Gasteiger partial charge in [0.2, 0.25) is 10.0 Å². The van der Waals surface area contributed by atoms with Crippen LogP contribution in [0.25, 0.3) is 0 Å². The van der Waals surface area contributed by atoms with Gasteiger partial charge in [0.25, 0.3) is 0 Å². The van der Waals surface area contributed by atoms with Crippen molar-refractivity contribution in [2.75, 3.05) is 19.6 Å². The lowest BCUT2D eigenvalue weighted by atomic mass is 9.97. The molecule has 0 aromatic heterocycles. The standard InChI is InChI=1S/C19H23BrN2O2S/c20-18-6-8-19(9-7-18)25(23,24)21-14-16-10-12-22(13-11-16)15-17-4-2-1-3-5-17/h1-9,16,21H,10-15H2. The van der Waals surface area contributed by atoms with Gasteiger partial charge >= 0.3 is 0 Å². The van der Waals surface area contributed by atoms with Gasteiger partial charge in [-0.25, -0.2) is 13.1 Å². The van der Waals surface area contributed by atoms with E-state index in [9.17, 15) is 8.42 Å². The largest absolute Gasteiger partial charge is 0.299 e. The van der Waals surface area contributed by atoms with E-state index in [0.717, 1.165) is 36.9 Å². The summed E-state index contributed by atoms with van der Waals surface area (Å²) in [5.41, 5.74) is 1.33. The topological polar surface area (TPSA) is 49.4 Å². The van der Waals surface area contributed by atoms with E-state index >= 15 is 0 Å². The molecule has 0 amide bonds. The van der Waals surface area contributed by atoms with Gasteiger partial charge < -0.3 is 0 Å². The van der Waals surface area contributed by atoms with E-state index in [1.54, 1.807) is 24.3 Å². The predicted molar refractivity (Wildman–Crippen MR) is 104 cm³/mol. The summed E-state index contributed by atoms with van der Waals surface area (Å²) >= 11 is 3.32. The van der Waals surface area contributed by atoms with Crippen molar-refractivity contribution < 1.29 is 8.42 Å². The van der Waals surface area contributed by atoms with Gasteiger partial charge in [0, 0.05) is 17.6 Å². The fourth-order valence-electron chi connectivity index (χ4n) is 3.11. The van der Waals surface area contributed by atoms with Crippen molar-refractivity contribution in [3.05, 3.63) is 64.6 Å². The highest BCUT2D eigenvalue weighted by molar-refractivity contribution is 9.10. The molecule has 25 heavy (non-hydrogen) atoms. The molecule has 0 atom stereocenters. The Morgan fingerprint density at radius 3 is 2.28 bits per heavy atom. The van der Waals surface area contributed by atoms with Crippen molar-refractivity contribution >= 4 is 26.0 Å². The molecular formula is C19H23BrN2O2S. The molecule has 1 heterocycles. The third-order valence-electron chi connectivity index (χ3n) is 4.64. The van der Waals surface area contributed by atoms with Crippen LogP contribution in [0.4, 0.5) is 0 Å². The van der Waals surface area contributed by atoms with E-state index < -0.39 is 10.0 Å². The van der Waals surface area contributed by atoms with Crippen LogP contribution in [0.1, 0.15) is 18.4 Å². The number of hydrogen-bond acceptors (Lipinski definition) is 3. The highest BCUT2D eigenvalue weighted by Gasteiger charge is 2.22. The second-order valence-corrected chi connectivity index (χ2v) is 9.19. The summed E-state index contributed by atoms with van der Waals surface area (Å²) < 4.78 is 28.3. The SMILES string of the molecule is O=S(=O)(NCC1CCN(Cc2ccccc2)CC1)c1ccc(Br)cc1. The van der Waals surface area contributed by atoms with Gasteiger partial charge in [0.15, 0.2) is 0 Å². The molecule has 1 aliphatic rings. The van der Waals surface area contributed by atoms with Gasteiger partial charge in [-0.3, -0.25) is 4.90 Å². The quantitative estimate of drug-likeness (QED) is 0.772. The zero-order valence-electron chi connectivity index (χ0n) is 14.1. The number of likely N-dealkylation sites (tertiary alicyclic amines) is 1. The molecule has 0 unspecified atom stereocenters.